The van der Waals surface area contributed by atoms with Gasteiger partial charge in [-0.2, -0.15) is 0 Å². The summed E-state index contributed by atoms with van der Waals surface area (Å²) in [4.78, 5) is 8.72. The van der Waals surface area contributed by atoms with Gasteiger partial charge in [0.1, 0.15) is 11.6 Å². The number of hydrogen-bond acceptors (Lipinski definition) is 3. The number of hydrogen-bond donors (Lipinski definition) is 1. The van der Waals surface area contributed by atoms with E-state index in [-0.39, 0.29) is 0 Å². The third kappa shape index (κ3) is 2.98. The van der Waals surface area contributed by atoms with Crippen LogP contribution in [0.5, 0.6) is 0 Å². The predicted molar refractivity (Wildman–Crippen MR) is 59.6 cm³/mol. The quantitative estimate of drug-likeness (QED) is 0.799. The number of anilines is 1. The molecule has 0 aliphatic rings. The van der Waals surface area contributed by atoms with Crippen molar-refractivity contribution in [3.63, 3.8) is 0 Å². The fourth-order valence-corrected chi connectivity index (χ4v) is 1.23. The minimum absolute atomic E-state index is 0.457. The second-order valence-electron chi connectivity index (χ2n) is 3.81. The van der Waals surface area contributed by atoms with E-state index in [2.05, 4.69) is 36.1 Å². The second kappa shape index (κ2) is 4.94. The average molecular weight is 193 g/mol. The van der Waals surface area contributed by atoms with Crippen LogP contribution in [0.25, 0.3) is 0 Å². The second-order valence-corrected chi connectivity index (χ2v) is 3.81. The molecule has 3 nitrogen and oxygen atoms in total. The Morgan fingerprint density at radius 1 is 1.36 bits per heavy atom. The van der Waals surface area contributed by atoms with E-state index in [4.69, 9.17) is 0 Å². The summed E-state index contributed by atoms with van der Waals surface area (Å²) in [5.74, 6) is 2.25. The first-order chi connectivity index (χ1) is 6.63. The molecule has 1 aromatic heterocycles. The third-order valence-corrected chi connectivity index (χ3v) is 2.01. The van der Waals surface area contributed by atoms with Crippen molar-refractivity contribution < 1.29 is 0 Å². The normalized spacial score (nSPS) is 10.6. The maximum Gasteiger partial charge on any atom is 0.129 e. The van der Waals surface area contributed by atoms with Gasteiger partial charge >= 0.3 is 0 Å². The summed E-state index contributed by atoms with van der Waals surface area (Å²) in [5, 5.41) is 3.28. The molecule has 1 rings (SSSR count). The van der Waals surface area contributed by atoms with Crippen LogP contribution in [0.3, 0.4) is 0 Å². The smallest absolute Gasteiger partial charge is 0.129 e. The van der Waals surface area contributed by atoms with E-state index in [0.717, 1.165) is 30.3 Å². The fraction of sp³-hybridized carbons (Fsp3) is 0.636. The van der Waals surface area contributed by atoms with Gasteiger partial charge in [-0.1, -0.05) is 20.8 Å². The van der Waals surface area contributed by atoms with Crippen molar-refractivity contribution in [3.05, 3.63) is 17.6 Å². The molecule has 0 saturated heterocycles. The van der Waals surface area contributed by atoms with E-state index in [0.29, 0.717) is 5.92 Å². The number of nitrogens with zero attached hydrogens (tertiary/aromatic N) is 2. The van der Waals surface area contributed by atoms with Crippen molar-refractivity contribution in [3.8, 4) is 0 Å². The molecule has 1 aromatic rings. The Morgan fingerprint density at radius 3 is 2.64 bits per heavy atom. The standard InChI is InChI=1S/C11H19N3/c1-5-6-12-11-7-10(8(2)3)13-9(4)14-11/h7-8H,5-6H2,1-4H3,(H,12,13,14). The molecule has 0 spiro atoms. The molecule has 0 amide bonds. The zero-order valence-electron chi connectivity index (χ0n) is 9.46. The summed E-state index contributed by atoms with van der Waals surface area (Å²) in [6.45, 7) is 9.33. The predicted octanol–water partition coefficient (Wildman–Crippen LogP) is 2.73. The summed E-state index contributed by atoms with van der Waals surface area (Å²) in [6, 6.07) is 2.04. The Labute approximate surface area is 86.0 Å². The molecule has 0 aromatic carbocycles. The summed E-state index contributed by atoms with van der Waals surface area (Å²) in [7, 11) is 0. The summed E-state index contributed by atoms with van der Waals surface area (Å²) < 4.78 is 0. The molecule has 3 heteroatoms. The lowest BCUT2D eigenvalue weighted by Crippen LogP contribution is -2.06. The fourth-order valence-electron chi connectivity index (χ4n) is 1.23. The van der Waals surface area contributed by atoms with Crippen LogP contribution in [0.15, 0.2) is 6.07 Å². The minimum atomic E-state index is 0.457. The first kappa shape index (κ1) is 11.0. The monoisotopic (exact) mass is 193 g/mol. The highest BCUT2D eigenvalue weighted by atomic mass is 15.0. The molecular weight excluding hydrogens is 174 g/mol. The highest BCUT2D eigenvalue weighted by molar-refractivity contribution is 5.36. The van der Waals surface area contributed by atoms with Gasteiger partial charge in [0, 0.05) is 18.3 Å². The Kier molecular flexibility index (Phi) is 3.86. The number of aryl methyl sites for hydroxylation is 1. The topological polar surface area (TPSA) is 37.8 Å². The number of rotatable bonds is 4. The molecule has 0 saturated carbocycles. The Hall–Kier alpha value is -1.12. The summed E-state index contributed by atoms with van der Waals surface area (Å²) in [5.41, 5.74) is 1.11. The van der Waals surface area contributed by atoms with Crippen molar-refractivity contribution in [2.24, 2.45) is 0 Å². The lowest BCUT2D eigenvalue weighted by Gasteiger charge is -2.09. The molecule has 0 atom stereocenters. The SMILES string of the molecule is CCCNc1cc(C(C)C)nc(C)n1. The van der Waals surface area contributed by atoms with Crippen LogP contribution in [0, 0.1) is 6.92 Å². The van der Waals surface area contributed by atoms with E-state index in [9.17, 15) is 0 Å². The van der Waals surface area contributed by atoms with E-state index >= 15 is 0 Å². The highest BCUT2D eigenvalue weighted by Gasteiger charge is 2.04. The van der Waals surface area contributed by atoms with Gasteiger partial charge in [-0.25, -0.2) is 9.97 Å². The van der Waals surface area contributed by atoms with Gasteiger partial charge in [-0.3, -0.25) is 0 Å². The van der Waals surface area contributed by atoms with Gasteiger partial charge in [0.05, 0.1) is 0 Å². The largest absolute Gasteiger partial charge is 0.370 e. The van der Waals surface area contributed by atoms with Gasteiger partial charge in [0.25, 0.3) is 0 Å². The number of aromatic nitrogens is 2. The zero-order chi connectivity index (χ0) is 10.6. The molecule has 1 N–H and O–H groups in total. The van der Waals surface area contributed by atoms with Crippen LogP contribution < -0.4 is 5.32 Å². The molecule has 78 valence electrons. The van der Waals surface area contributed by atoms with E-state index < -0.39 is 0 Å². The highest BCUT2D eigenvalue weighted by Crippen LogP contribution is 2.15. The van der Waals surface area contributed by atoms with E-state index in [1.165, 1.54) is 0 Å². The van der Waals surface area contributed by atoms with Crippen LogP contribution in [0.4, 0.5) is 5.82 Å². The van der Waals surface area contributed by atoms with Gasteiger partial charge in [-0.15, -0.1) is 0 Å². The van der Waals surface area contributed by atoms with Crippen LogP contribution in [-0.2, 0) is 0 Å². The Bertz CT molecular complexity index is 295. The molecule has 1 heterocycles. The first-order valence-corrected chi connectivity index (χ1v) is 5.23. The molecule has 0 aliphatic carbocycles. The molecule has 14 heavy (non-hydrogen) atoms. The maximum atomic E-state index is 4.39. The summed E-state index contributed by atoms with van der Waals surface area (Å²) >= 11 is 0. The lowest BCUT2D eigenvalue weighted by atomic mass is 10.1. The van der Waals surface area contributed by atoms with Crippen LogP contribution in [-0.4, -0.2) is 16.5 Å². The van der Waals surface area contributed by atoms with Gasteiger partial charge < -0.3 is 5.32 Å². The van der Waals surface area contributed by atoms with Crippen molar-refractivity contribution in [1.29, 1.82) is 0 Å². The molecule has 0 aliphatic heterocycles. The molecular formula is C11H19N3. The Balaban J connectivity index is 2.84. The number of nitrogens with one attached hydrogen (secondary N) is 1. The van der Waals surface area contributed by atoms with Crippen molar-refractivity contribution in [1.82, 2.24) is 9.97 Å². The molecule has 0 fully saturated rings. The van der Waals surface area contributed by atoms with Crippen molar-refractivity contribution in [2.75, 3.05) is 11.9 Å². The van der Waals surface area contributed by atoms with Gasteiger partial charge in [0.15, 0.2) is 0 Å². The van der Waals surface area contributed by atoms with Crippen LogP contribution >= 0.6 is 0 Å². The van der Waals surface area contributed by atoms with Gasteiger partial charge in [-0.05, 0) is 19.3 Å². The van der Waals surface area contributed by atoms with Gasteiger partial charge in [0.2, 0.25) is 0 Å². The molecule has 0 bridgehead atoms. The summed E-state index contributed by atoms with van der Waals surface area (Å²) in [6.07, 6.45) is 1.11. The van der Waals surface area contributed by atoms with Crippen LogP contribution in [0.1, 0.15) is 44.6 Å². The molecule has 0 unspecified atom stereocenters. The van der Waals surface area contributed by atoms with Crippen LogP contribution in [0.2, 0.25) is 0 Å². The molecule has 0 radical (unpaired) electrons. The minimum Gasteiger partial charge on any atom is -0.370 e. The van der Waals surface area contributed by atoms with E-state index in [1.54, 1.807) is 0 Å². The average Bonchev–Trinajstić information content (AvgIpc) is 2.14. The van der Waals surface area contributed by atoms with Crippen molar-refractivity contribution in [2.45, 2.75) is 40.0 Å². The maximum absolute atomic E-state index is 4.39. The Morgan fingerprint density at radius 2 is 2.07 bits per heavy atom. The van der Waals surface area contributed by atoms with Crippen molar-refractivity contribution >= 4 is 5.82 Å². The third-order valence-electron chi connectivity index (χ3n) is 2.01. The first-order valence-electron chi connectivity index (χ1n) is 5.23. The van der Waals surface area contributed by atoms with E-state index in [1.807, 2.05) is 13.0 Å². The zero-order valence-corrected chi connectivity index (χ0v) is 9.46. The lowest BCUT2D eigenvalue weighted by molar-refractivity contribution is 0.800.